The van der Waals surface area contributed by atoms with Crippen molar-refractivity contribution in [1.82, 2.24) is 5.32 Å². The Morgan fingerprint density at radius 1 is 1.05 bits per heavy atom. The first-order valence-corrected chi connectivity index (χ1v) is 7.03. The molecule has 0 spiro atoms. The molecule has 0 radical (unpaired) electrons. The molecule has 0 fully saturated rings. The number of hydrogen-bond acceptors (Lipinski definition) is 4. The van der Waals surface area contributed by atoms with E-state index >= 15 is 0 Å². The van der Waals surface area contributed by atoms with Crippen LogP contribution in [0.1, 0.15) is 17.2 Å². The van der Waals surface area contributed by atoms with Gasteiger partial charge < -0.3 is 19.5 Å². The highest BCUT2D eigenvalue weighted by Gasteiger charge is 2.22. The van der Waals surface area contributed by atoms with Crippen LogP contribution in [-0.2, 0) is 0 Å². The average Bonchev–Trinajstić information content (AvgIpc) is 2.56. The Morgan fingerprint density at radius 2 is 1.81 bits per heavy atom. The van der Waals surface area contributed by atoms with E-state index in [2.05, 4.69) is 23.5 Å². The fourth-order valence-corrected chi connectivity index (χ4v) is 2.62. The molecule has 0 saturated heterocycles. The van der Waals surface area contributed by atoms with Crippen LogP contribution in [0.5, 0.6) is 17.2 Å². The van der Waals surface area contributed by atoms with Gasteiger partial charge in [-0.3, -0.25) is 0 Å². The Hall–Kier alpha value is -2.20. The summed E-state index contributed by atoms with van der Waals surface area (Å²) in [5, 5.41) is 3.35. The normalized spacial score (nSPS) is 14.6. The summed E-state index contributed by atoms with van der Waals surface area (Å²) < 4.78 is 16.7. The predicted octanol–water partition coefficient (Wildman–Crippen LogP) is 2.78. The van der Waals surface area contributed by atoms with E-state index in [0.29, 0.717) is 13.2 Å². The van der Waals surface area contributed by atoms with Crippen LogP contribution < -0.4 is 19.5 Å². The summed E-state index contributed by atoms with van der Waals surface area (Å²) in [6.45, 7) is 1.19. The molecule has 0 bridgehead atoms. The molecule has 4 heteroatoms. The number of nitrogens with one attached hydrogen (secondary N) is 1. The number of fused-ring (bicyclic) bond motifs is 1. The van der Waals surface area contributed by atoms with Crippen molar-refractivity contribution in [2.24, 2.45) is 0 Å². The summed E-state index contributed by atoms with van der Waals surface area (Å²) in [4.78, 5) is 0. The Kier molecular flexibility index (Phi) is 3.97. The van der Waals surface area contributed by atoms with Gasteiger partial charge in [0.1, 0.15) is 19.0 Å². The first-order valence-electron chi connectivity index (χ1n) is 7.03. The smallest absolute Gasteiger partial charge is 0.166 e. The molecule has 0 saturated carbocycles. The van der Waals surface area contributed by atoms with E-state index in [1.54, 1.807) is 7.11 Å². The van der Waals surface area contributed by atoms with Gasteiger partial charge in [-0.1, -0.05) is 24.3 Å². The molecule has 2 aromatic carbocycles. The van der Waals surface area contributed by atoms with E-state index in [1.807, 2.05) is 31.3 Å². The van der Waals surface area contributed by atoms with Gasteiger partial charge in [0.15, 0.2) is 11.5 Å². The molecule has 1 aliphatic rings. The number of benzene rings is 2. The van der Waals surface area contributed by atoms with E-state index in [4.69, 9.17) is 14.2 Å². The van der Waals surface area contributed by atoms with Gasteiger partial charge in [0, 0.05) is 5.56 Å². The summed E-state index contributed by atoms with van der Waals surface area (Å²) in [6, 6.07) is 14.1. The van der Waals surface area contributed by atoms with Crippen molar-refractivity contribution in [2.45, 2.75) is 6.04 Å². The summed E-state index contributed by atoms with van der Waals surface area (Å²) in [7, 11) is 3.61. The third kappa shape index (κ3) is 2.67. The topological polar surface area (TPSA) is 39.7 Å². The molecule has 3 rings (SSSR count). The second-order valence-corrected chi connectivity index (χ2v) is 4.87. The van der Waals surface area contributed by atoms with Crippen molar-refractivity contribution in [3.8, 4) is 17.2 Å². The molecule has 0 aromatic heterocycles. The van der Waals surface area contributed by atoms with Crippen LogP contribution in [0, 0.1) is 0 Å². The number of methoxy groups -OCH3 is 1. The maximum Gasteiger partial charge on any atom is 0.166 e. The third-order valence-corrected chi connectivity index (χ3v) is 3.65. The number of para-hydroxylation sites is 1. The second kappa shape index (κ2) is 6.06. The van der Waals surface area contributed by atoms with Crippen molar-refractivity contribution in [1.29, 1.82) is 0 Å². The van der Waals surface area contributed by atoms with Gasteiger partial charge in [-0.25, -0.2) is 0 Å². The van der Waals surface area contributed by atoms with Gasteiger partial charge in [-0.15, -0.1) is 0 Å². The van der Waals surface area contributed by atoms with Crippen LogP contribution >= 0.6 is 0 Å². The zero-order chi connectivity index (χ0) is 14.7. The van der Waals surface area contributed by atoms with Crippen LogP contribution in [0.4, 0.5) is 0 Å². The van der Waals surface area contributed by atoms with Gasteiger partial charge in [-0.2, -0.15) is 0 Å². The molecule has 1 aliphatic heterocycles. The van der Waals surface area contributed by atoms with E-state index in [9.17, 15) is 0 Å². The minimum atomic E-state index is 0.0487. The summed E-state index contributed by atoms with van der Waals surface area (Å²) >= 11 is 0. The Labute approximate surface area is 124 Å². The lowest BCUT2D eigenvalue weighted by molar-refractivity contribution is 0.169. The fraction of sp³-hybridized carbons (Fsp3) is 0.294. The maximum absolute atomic E-state index is 5.81. The summed E-state index contributed by atoms with van der Waals surface area (Å²) in [5.41, 5.74) is 2.24. The van der Waals surface area contributed by atoms with Crippen LogP contribution in [0.25, 0.3) is 0 Å². The highest BCUT2D eigenvalue weighted by Crippen LogP contribution is 2.39. The highest BCUT2D eigenvalue weighted by molar-refractivity contribution is 5.51. The van der Waals surface area contributed by atoms with Gasteiger partial charge in [-0.05, 0) is 30.8 Å². The van der Waals surface area contributed by atoms with Crippen LogP contribution in [0.3, 0.4) is 0 Å². The van der Waals surface area contributed by atoms with Gasteiger partial charge in [0.2, 0.25) is 0 Å². The van der Waals surface area contributed by atoms with Gasteiger partial charge in [0.05, 0.1) is 13.2 Å². The van der Waals surface area contributed by atoms with Crippen LogP contribution in [0.2, 0.25) is 0 Å². The molecule has 0 aliphatic carbocycles. The molecule has 4 nitrogen and oxygen atoms in total. The molecular weight excluding hydrogens is 266 g/mol. The SMILES string of the molecule is CNC(c1ccc(OC)cc1)c1cccc2c1OCCO2. The van der Waals surface area contributed by atoms with Crippen molar-refractivity contribution in [2.75, 3.05) is 27.4 Å². The molecule has 1 atom stereocenters. The van der Waals surface area contributed by atoms with Crippen molar-refractivity contribution >= 4 is 0 Å². The third-order valence-electron chi connectivity index (χ3n) is 3.65. The lowest BCUT2D eigenvalue weighted by atomic mass is 9.97. The molecule has 110 valence electrons. The minimum absolute atomic E-state index is 0.0487. The van der Waals surface area contributed by atoms with E-state index in [1.165, 1.54) is 0 Å². The lowest BCUT2D eigenvalue weighted by Gasteiger charge is -2.25. The summed E-state index contributed by atoms with van der Waals surface area (Å²) in [6.07, 6.45) is 0. The largest absolute Gasteiger partial charge is 0.497 e. The van der Waals surface area contributed by atoms with Crippen LogP contribution in [-0.4, -0.2) is 27.4 Å². The lowest BCUT2D eigenvalue weighted by Crippen LogP contribution is -2.22. The Bertz CT molecular complexity index is 610. The molecule has 2 aromatic rings. The van der Waals surface area contributed by atoms with E-state index in [0.717, 1.165) is 28.4 Å². The second-order valence-electron chi connectivity index (χ2n) is 4.87. The quantitative estimate of drug-likeness (QED) is 0.937. The van der Waals surface area contributed by atoms with Gasteiger partial charge in [0.25, 0.3) is 0 Å². The molecule has 1 N–H and O–H groups in total. The Morgan fingerprint density at radius 3 is 2.52 bits per heavy atom. The molecule has 0 amide bonds. The van der Waals surface area contributed by atoms with Crippen LogP contribution in [0.15, 0.2) is 42.5 Å². The first kappa shape index (κ1) is 13.8. The molecule has 21 heavy (non-hydrogen) atoms. The molecular formula is C17H19NO3. The molecule has 1 heterocycles. The number of rotatable bonds is 4. The average molecular weight is 285 g/mol. The minimum Gasteiger partial charge on any atom is -0.497 e. The fourth-order valence-electron chi connectivity index (χ4n) is 2.62. The zero-order valence-corrected chi connectivity index (χ0v) is 12.3. The van der Waals surface area contributed by atoms with Gasteiger partial charge >= 0.3 is 0 Å². The van der Waals surface area contributed by atoms with Crippen molar-refractivity contribution in [3.63, 3.8) is 0 Å². The number of hydrogen-bond donors (Lipinski definition) is 1. The number of ether oxygens (including phenoxy) is 3. The maximum atomic E-state index is 5.81. The highest BCUT2D eigenvalue weighted by atomic mass is 16.6. The van der Waals surface area contributed by atoms with Crippen molar-refractivity contribution in [3.05, 3.63) is 53.6 Å². The summed E-state index contributed by atoms with van der Waals surface area (Å²) in [5.74, 6) is 2.50. The van der Waals surface area contributed by atoms with E-state index in [-0.39, 0.29) is 6.04 Å². The van der Waals surface area contributed by atoms with Crippen molar-refractivity contribution < 1.29 is 14.2 Å². The predicted molar refractivity (Wildman–Crippen MR) is 81.3 cm³/mol. The monoisotopic (exact) mass is 285 g/mol. The Balaban J connectivity index is 1.99. The molecule has 1 unspecified atom stereocenters. The zero-order valence-electron chi connectivity index (χ0n) is 12.3. The van der Waals surface area contributed by atoms with E-state index < -0.39 is 0 Å². The first-order chi connectivity index (χ1) is 10.3. The standard InChI is InChI=1S/C17H19NO3/c1-18-16(12-6-8-13(19-2)9-7-12)14-4-3-5-15-17(14)21-11-10-20-15/h3-9,16,18H,10-11H2,1-2H3.